The van der Waals surface area contributed by atoms with E-state index in [0.29, 0.717) is 0 Å². The molecule has 0 aromatic heterocycles. The fourth-order valence-electron chi connectivity index (χ4n) is 0.374. The van der Waals surface area contributed by atoms with Gasteiger partial charge in [0.25, 0.3) is 0 Å². The molecule has 0 aliphatic heterocycles. The number of hydrogen-bond donors (Lipinski definition) is 0. The summed E-state index contributed by atoms with van der Waals surface area (Å²) in [4.78, 5) is 27.8. The van der Waals surface area contributed by atoms with E-state index >= 15 is 0 Å². The topological polar surface area (TPSA) is 103 Å². The fourth-order valence-corrected chi connectivity index (χ4v) is 0.374. The normalized spacial score (nSPS) is 10.6. The Morgan fingerprint density at radius 3 is 1.82 bits per heavy atom. The zero-order valence-electron chi connectivity index (χ0n) is 5.72. The second-order valence-corrected chi connectivity index (χ2v) is 2.10. The van der Waals surface area contributed by atoms with Crippen LogP contribution in [-0.4, -0.2) is 21.8 Å². The summed E-state index contributed by atoms with van der Waals surface area (Å²) in [6.45, 7) is 0.793. The van der Waals surface area contributed by atoms with E-state index in [0.717, 1.165) is 6.92 Å². The minimum absolute atomic E-state index is 0.158. The molecular weight excluding hydrogens is 156 g/mol. The van der Waals surface area contributed by atoms with Gasteiger partial charge in [-0.15, -0.1) is 0 Å². The Bertz CT molecular complexity index is 187. The highest BCUT2D eigenvalue weighted by molar-refractivity contribution is 5.50. The van der Waals surface area contributed by atoms with Gasteiger partial charge < -0.3 is 4.79 Å². The molecule has 0 bridgehead atoms. The van der Waals surface area contributed by atoms with Gasteiger partial charge in [-0.1, -0.05) is 0 Å². The summed E-state index contributed by atoms with van der Waals surface area (Å²) >= 11 is 0. The third-order valence-corrected chi connectivity index (χ3v) is 1.26. The molecule has 11 heavy (non-hydrogen) atoms. The maximum atomic E-state index is 10.1. The summed E-state index contributed by atoms with van der Waals surface area (Å²) in [5.74, 6) is 0. The molecule has 0 radical (unpaired) electrons. The van der Waals surface area contributed by atoms with Crippen LogP contribution in [0.25, 0.3) is 0 Å². The first-order chi connectivity index (χ1) is 4.95. The predicted molar refractivity (Wildman–Crippen MR) is 33.1 cm³/mol. The molecule has 0 rings (SSSR count). The summed E-state index contributed by atoms with van der Waals surface area (Å²) in [6, 6.07) is 0. The molecule has 0 fully saturated rings. The number of rotatable bonds is 4. The molecule has 0 aliphatic rings. The van der Waals surface area contributed by atoms with Gasteiger partial charge in [0.1, 0.15) is 12.7 Å². The maximum Gasteiger partial charge on any atom is 0.462 e. The number of aldehydes is 1. The van der Waals surface area contributed by atoms with Crippen molar-refractivity contribution in [3.8, 4) is 0 Å². The molecule has 7 nitrogen and oxygen atoms in total. The summed E-state index contributed by atoms with van der Waals surface area (Å²) < 4.78 is 0. The predicted octanol–water partition coefficient (Wildman–Crippen LogP) is -0.155. The Hall–Kier alpha value is -1.53. The molecule has 0 amide bonds. The van der Waals surface area contributed by atoms with Gasteiger partial charge >= 0.3 is 5.66 Å². The average molecular weight is 162 g/mol. The van der Waals surface area contributed by atoms with Crippen LogP contribution in [0.5, 0.6) is 0 Å². The van der Waals surface area contributed by atoms with Crippen LogP contribution in [-0.2, 0) is 4.79 Å². The van der Waals surface area contributed by atoms with E-state index in [4.69, 9.17) is 0 Å². The molecule has 0 aromatic rings. The second kappa shape index (κ2) is 3.04. The monoisotopic (exact) mass is 162 g/mol. The molecule has 0 aliphatic carbocycles. The van der Waals surface area contributed by atoms with Crippen molar-refractivity contribution >= 4 is 6.29 Å². The standard InChI is InChI=1S/C4H6N2O5/c1-4(2-3-7,5(8)9)6(10)11/h3H,2H2,1H3. The Kier molecular flexibility index (Phi) is 2.62. The molecule has 0 spiro atoms. The molecule has 62 valence electrons. The highest BCUT2D eigenvalue weighted by atomic mass is 16.7. The zero-order valence-corrected chi connectivity index (χ0v) is 5.72. The highest BCUT2D eigenvalue weighted by Crippen LogP contribution is 2.12. The third kappa shape index (κ3) is 1.69. The van der Waals surface area contributed by atoms with Crippen molar-refractivity contribution in [2.45, 2.75) is 19.0 Å². The van der Waals surface area contributed by atoms with Crippen molar-refractivity contribution in [3.05, 3.63) is 20.2 Å². The Morgan fingerprint density at radius 1 is 1.36 bits per heavy atom. The van der Waals surface area contributed by atoms with Crippen molar-refractivity contribution in [1.82, 2.24) is 0 Å². The van der Waals surface area contributed by atoms with Gasteiger partial charge in [0.15, 0.2) is 0 Å². The molecule has 0 heterocycles. The van der Waals surface area contributed by atoms with E-state index in [2.05, 4.69) is 0 Å². The number of nitrogens with zero attached hydrogens (tertiary/aromatic N) is 2. The van der Waals surface area contributed by atoms with Crippen LogP contribution in [0.15, 0.2) is 0 Å². The van der Waals surface area contributed by atoms with E-state index in [-0.39, 0.29) is 6.29 Å². The molecule has 0 saturated heterocycles. The maximum absolute atomic E-state index is 10.1. The highest BCUT2D eigenvalue weighted by Gasteiger charge is 2.49. The van der Waals surface area contributed by atoms with Crippen molar-refractivity contribution in [1.29, 1.82) is 0 Å². The van der Waals surface area contributed by atoms with E-state index in [1.54, 1.807) is 0 Å². The molecule has 0 aromatic carbocycles. The van der Waals surface area contributed by atoms with Crippen LogP contribution in [0.1, 0.15) is 13.3 Å². The first-order valence-electron chi connectivity index (χ1n) is 2.68. The summed E-state index contributed by atoms with van der Waals surface area (Å²) in [5, 5.41) is 20.1. The second-order valence-electron chi connectivity index (χ2n) is 2.10. The lowest BCUT2D eigenvalue weighted by Gasteiger charge is -2.07. The largest absolute Gasteiger partial charge is 0.462 e. The summed E-state index contributed by atoms with van der Waals surface area (Å²) in [5.41, 5.74) is -2.37. The lowest BCUT2D eigenvalue weighted by molar-refractivity contribution is -0.790. The van der Waals surface area contributed by atoms with Gasteiger partial charge in [0.05, 0.1) is 16.8 Å². The first-order valence-corrected chi connectivity index (χ1v) is 2.68. The van der Waals surface area contributed by atoms with Crippen LogP contribution in [0.4, 0.5) is 0 Å². The van der Waals surface area contributed by atoms with Gasteiger partial charge in [0, 0.05) is 0 Å². The van der Waals surface area contributed by atoms with E-state index in [1.165, 1.54) is 0 Å². The van der Waals surface area contributed by atoms with E-state index in [9.17, 15) is 25.0 Å². The number of carbonyl (C=O) groups excluding carboxylic acids is 1. The average Bonchev–Trinajstić information content (AvgIpc) is 1.87. The van der Waals surface area contributed by atoms with Gasteiger partial charge in [0.2, 0.25) is 0 Å². The fraction of sp³-hybridized carbons (Fsp3) is 0.750. The van der Waals surface area contributed by atoms with Gasteiger partial charge in [-0.2, -0.15) is 0 Å². The number of hydrogen-bond acceptors (Lipinski definition) is 5. The quantitative estimate of drug-likeness (QED) is 0.247. The van der Waals surface area contributed by atoms with Crippen molar-refractivity contribution < 1.29 is 14.6 Å². The molecule has 0 saturated carbocycles. The third-order valence-electron chi connectivity index (χ3n) is 1.26. The minimum atomic E-state index is -2.37. The first kappa shape index (κ1) is 9.47. The zero-order chi connectivity index (χ0) is 9.07. The van der Waals surface area contributed by atoms with Gasteiger partial charge in [-0.25, -0.2) is 0 Å². The van der Waals surface area contributed by atoms with Gasteiger partial charge in [-0.05, 0) is 0 Å². The molecule has 7 heteroatoms. The Labute approximate surface area is 61.3 Å². The number of carbonyl (C=O) groups is 1. The molecular formula is C4H6N2O5. The smallest absolute Gasteiger partial charge is 0.303 e. The SMILES string of the molecule is CC(CC=O)([N+](=O)[O-])[N+](=O)[O-]. The minimum Gasteiger partial charge on any atom is -0.303 e. The van der Waals surface area contributed by atoms with Crippen molar-refractivity contribution in [2.75, 3.05) is 0 Å². The van der Waals surface area contributed by atoms with Crippen LogP contribution in [0, 0.1) is 20.2 Å². The molecule has 0 atom stereocenters. The molecule has 0 N–H and O–H groups in total. The van der Waals surface area contributed by atoms with Crippen molar-refractivity contribution in [3.63, 3.8) is 0 Å². The van der Waals surface area contributed by atoms with E-state index in [1.807, 2.05) is 0 Å². The Morgan fingerprint density at radius 2 is 1.73 bits per heavy atom. The van der Waals surface area contributed by atoms with Crippen LogP contribution in [0.3, 0.4) is 0 Å². The molecule has 0 unspecified atom stereocenters. The van der Waals surface area contributed by atoms with E-state index < -0.39 is 21.9 Å². The number of nitro groups is 2. The van der Waals surface area contributed by atoms with Crippen LogP contribution < -0.4 is 0 Å². The summed E-state index contributed by atoms with van der Waals surface area (Å²) in [7, 11) is 0. The van der Waals surface area contributed by atoms with Crippen molar-refractivity contribution in [2.24, 2.45) is 0 Å². The van der Waals surface area contributed by atoms with Crippen LogP contribution in [0.2, 0.25) is 0 Å². The Balaban J connectivity index is 4.65. The summed E-state index contributed by atoms with van der Waals surface area (Å²) in [6.07, 6.45) is -0.557. The lowest BCUT2D eigenvalue weighted by Crippen LogP contribution is -2.43. The lowest BCUT2D eigenvalue weighted by atomic mass is 10.2. The van der Waals surface area contributed by atoms with Crippen LogP contribution >= 0.6 is 0 Å². The van der Waals surface area contributed by atoms with Gasteiger partial charge in [-0.3, -0.25) is 20.2 Å².